The maximum absolute atomic E-state index is 13.9. The van der Waals surface area contributed by atoms with Crippen LogP contribution in [0, 0.1) is 0 Å². The molecule has 0 aromatic heterocycles. The zero-order valence-corrected chi connectivity index (χ0v) is 24.0. The zero-order chi connectivity index (χ0) is 29.6. The number of amides is 2. The molecule has 3 aromatic carbocycles. The van der Waals surface area contributed by atoms with Crippen molar-refractivity contribution in [3.8, 4) is 0 Å². The van der Waals surface area contributed by atoms with E-state index < -0.39 is 23.3 Å². The Morgan fingerprint density at radius 2 is 1.48 bits per heavy atom. The number of alkyl carbamates (subject to hydrolysis) is 1. The second-order valence-electron chi connectivity index (χ2n) is 11.4. The minimum Gasteiger partial charge on any atom is -0.443 e. The van der Waals surface area contributed by atoms with Crippen LogP contribution in [-0.4, -0.2) is 46.8 Å². The molecule has 0 spiro atoms. The number of unbranched alkanes of at least 4 members (excludes halogenated alkanes) is 2. The highest BCUT2D eigenvalue weighted by Crippen LogP contribution is 2.40. The van der Waals surface area contributed by atoms with Gasteiger partial charge in [-0.25, -0.2) is 9.79 Å². The van der Waals surface area contributed by atoms with Crippen LogP contribution in [0.4, 0.5) is 4.79 Å². The fraction of sp³-hybridized carbons (Fsp3) is 0.353. The van der Waals surface area contributed by atoms with E-state index in [-0.39, 0.29) is 17.6 Å². The molecule has 1 heterocycles. The molecule has 0 bridgehead atoms. The number of ether oxygens (including phenoxy) is 1. The molecule has 3 N–H and O–H groups in total. The Labute approximate surface area is 247 Å². The number of hydrogen-bond acceptors (Lipinski definition) is 6. The first-order chi connectivity index (χ1) is 20.3. The lowest BCUT2D eigenvalue weighted by molar-refractivity contribution is -0.130. The Balaban J connectivity index is 1.17. The predicted octanol–water partition coefficient (Wildman–Crippen LogP) is 5.11. The third kappa shape index (κ3) is 6.54. The molecule has 1 atom stereocenters. The van der Waals surface area contributed by atoms with E-state index in [2.05, 4.69) is 5.32 Å². The first-order valence-electron chi connectivity index (χ1n) is 14.7. The summed E-state index contributed by atoms with van der Waals surface area (Å²) in [5.41, 5.74) is 7.21. The van der Waals surface area contributed by atoms with Crippen LogP contribution in [0.25, 0.3) is 0 Å². The van der Waals surface area contributed by atoms with E-state index in [0.29, 0.717) is 38.6 Å². The number of nitrogens with two attached hydrogens (primary N) is 1. The van der Waals surface area contributed by atoms with Crippen LogP contribution in [0.5, 0.6) is 0 Å². The molecule has 8 nitrogen and oxygen atoms in total. The Bertz CT molecular complexity index is 1380. The molecule has 42 heavy (non-hydrogen) atoms. The minimum absolute atomic E-state index is 0.0396. The van der Waals surface area contributed by atoms with Crippen LogP contribution in [0.1, 0.15) is 62.1 Å². The summed E-state index contributed by atoms with van der Waals surface area (Å²) in [6, 6.07) is 28.0. The molecular formula is C34H38N4O4. The summed E-state index contributed by atoms with van der Waals surface area (Å²) in [5, 5.41) is 2.80. The van der Waals surface area contributed by atoms with Gasteiger partial charge in [0, 0.05) is 13.0 Å². The van der Waals surface area contributed by atoms with Gasteiger partial charge in [0.2, 0.25) is 0 Å². The molecule has 2 aliphatic rings. The smallest absolute Gasteiger partial charge is 0.408 e. The SMILES string of the molecule is CC1(OC(=O)N[C@@H](Cc2ccccc2)C(=O)CCCCCN2C(=O)C(c3ccccc3)(c3ccccc3)N=C2N)CC1. The van der Waals surface area contributed by atoms with Crippen LogP contribution in [0.2, 0.25) is 0 Å². The quantitative estimate of drug-likeness (QED) is 0.279. The first-order valence-corrected chi connectivity index (χ1v) is 14.7. The largest absolute Gasteiger partial charge is 0.443 e. The van der Waals surface area contributed by atoms with Crippen molar-refractivity contribution < 1.29 is 19.1 Å². The number of nitrogens with zero attached hydrogens (tertiary/aromatic N) is 2. The molecule has 8 heteroatoms. The van der Waals surface area contributed by atoms with Gasteiger partial charge in [-0.15, -0.1) is 0 Å². The fourth-order valence-corrected chi connectivity index (χ4v) is 5.39. The van der Waals surface area contributed by atoms with Crippen molar-refractivity contribution >= 4 is 23.7 Å². The third-order valence-corrected chi connectivity index (χ3v) is 8.06. The number of Topliss-reactive ketones (excluding diaryl/α,β-unsaturated/α-hetero) is 1. The van der Waals surface area contributed by atoms with Crippen molar-refractivity contribution in [2.24, 2.45) is 10.7 Å². The van der Waals surface area contributed by atoms with E-state index in [9.17, 15) is 14.4 Å². The molecule has 218 valence electrons. The van der Waals surface area contributed by atoms with E-state index in [4.69, 9.17) is 15.5 Å². The van der Waals surface area contributed by atoms with Crippen molar-refractivity contribution in [3.63, 3.8) is 0 Å². The van der Waals surface area contributed by atoms with Gasteiger partial charge < -0.3 is 15.8 Å². The molecule has 5 rings (SSSR count). The second kappa shape index (κ2) is 12.6. The summed E-state index contributed by atoms with van der Waals surface area (Å²) in [5.74, 6) is -0.0236. The van der Waals surface area contributed by atoms with Crippen molar-refractivity contribution in [2.45, 2.75) is 69.1 Å². The lowest BCUT2D eigenvalue weighted by Gasteiger charge is -2.27. The molecule has 2 amide bonds. The van der Waals surface area contributed by atoms with Crippen LogP contribution >= 0.6 is 0 Å². The molecule has 0 unspecified atom stereocenters. The van der Waals surface area contributed by atoms with Gasteiger partial charge in [-0.2, -0.15) is 0 Å². The van der Waals surface area contributed by atoms with E-state index >= 15 is 0 Å². The third-order valence-electron chi connectivity index (χ3n) is 8.06. The van der Waals surface area contributed by atoms with Gasteiger partial charge in [-0.3, -0.25) is 14.5 Å². The zero-order valence-electron chi connectivity index (χ0n) is 24.0. The monoisotopic (exact) mass is 566 g/mol. The van der Waals surface area contributed by atoms with E-state index in [1.807, 2.05) is 97.9 Å². The lowest BCUT2D eigenvalue weighted by atomic mass is 9.83. The molecule has 0 radical (unpaired) electrons. The molecule has 1 aliphatic heterocycles. The summed E-state index contributed by atoms with van der Waals surface area (Å²) in [7, 11) is 0. The van der Waals surface area contributed by atoms with Gasteiger partial charge in [0.15, 0.2) is 17.3 Å². The number of ketones is 1. The summed E-state index contributed by atoms with van der Waals surface area (Å²) in [4.78, 5) is 45.9. The van der Waals surface area contributed by atoms with Crippen LogP contribution in [-0.2, 0) is 26.3 Å². The van der Waals surface area contributed by atoms with Crippen molar-refractivity contribution in [3.05, 3.63) is 108 Å². The molecule has 1 saturated carbocycles. The molecule has 0 saturated heterocycles. The number of carbonyl (C=O) groups is 3. The summed E-state index contributed by atoms with van der Waals surface area (Å²) in [6.07, 6.45) is 3.84. The van der Waals surface area contributed by atoms with Crippen LogP contribution in [0.3, 0.4) is 0 Å². The first kappa shape index (κ1) is 29.0. The normalized spacial score (nSPS) is 17.3. The lowest BCUT2D eigenvalue weighted by Crippen LogP contribution is -2.44. The molecular weight excluding hydrogens is 528 g/mol. The number of guanidine groups is 1. The summed E-state index contributed by atoms with van der Waals surface area (Å²) in [6.45, 7) is 2.30. The number of benzene rings is 3. The number of carbonyl (C=O) groups excluding carboxylic acids is 3. The van der Waals surface area contributed by atoms with Crippen molar-refractivity contribution in [1.82, 2.24) is 10.2 Å². The highest BCUT2D eigenvalue weighted by Gasteiger charge is 2.50. The maximum atomic E-state index is 13.9. The van der Waals surface area contributed by atoms with Crippen LogP contribution < -0.4 is 11.1 Å². The Hall–Kier alpha value is -4.46. The topological polar surface area (TPSA) is 114 Å². The van der Waals surface area contributed by atoms with Gasteiger partial charge in [0.1, 0.15) is 5.60 Å². The second-order valence-corrected chi connectivity index (χ2v) is 11.4. The standard InChI is InChI=1S/C34H38N4O4/c1-33(21-22-33)42-32(41)36-28(24-25-14-6-2-7-15-25)29(39)20-12-5-13-23-38-30(40)34(37-31(38)35,26-16-8-3-9-17-26)27-18-10-4-11-19-27/h2-4,6-11,14-19,28H,5,12-13,20-24H2,1H3,(H2,35,37)(H,36,41)/t28-/m0/s1. The average Bonchev–Trinajstić information content (AvgIpc) is 3.67. The Morgan fingerprint density at radius 3 is 2.05 bits per heavy atom. The molecule has 1 fully saturated rings. The number of rotatable bonds is 13. The molecule has 3 aromatic rings. The highest BCUT2D eigenvalue weighted by molar-refractivity contribution is 6.09. The van der Waals surface area contributed by atoms with E-state index in [1.165, 1.54) is 0 Å². The minimum atomic E-state index is -1.22. The Morgan fingerprint density at radius 1 is 0.905 bits per heavy atom. The van der Waals surface area contributed by atoms with Gasteiger partial charge in [0.25, 0.3) is 5.91 Å². The van der Waals surface area contributed by atoms with Crippen molar-refractivity contribution in [2.75, 3.05) is 6.54 Å². The highest BCUT2D eigenvalue weighted by atomic mass is 16.6. The van der Waals surface area contributed by atoms with E-state index in [1.54, 1.807) is 4.90 Å². The van der Waals surface area contributed by atoms with Gasteiger partial charge in [0.05, 0.1) is 6.04 Å². The van der Waals surface area contributed by atoms with Crippen molar-refractivity contribution in [1.29, 1.82) is 0 Å². The summed E-state index contributed by atoms with van der Waals surface area (Å²) < 4.78 is 5.51. The van der Waals surface area contributed by atoms with Gasteiger partial charge in [-0.1, -0.05) is 97.4 Å². The average molecular weight is 567 g/mol. The fourth-order valence-electron chi connectivity index (χ4n) is 5.39. The van der Waals surface area contributed by atoms with Gasteiger partial charge in [-0.05, 0) is 55.7 Å². The summed E-state index contributed by atoms with van der Waals surface area (Å²) >= 11 is 0. The molecule has 1 aliphatic carbocycles. The van der Waals surface area contributed by atoms with E-state index in [0.717, 1.165) is 29.5 Å². The maximum Gasteiger partial charge on any atom is 0.408 e. The number of hydrogen-bond donors (Lipinski definition) is 2. The predicted molar refractivity (Wildman–Crippen MR) is 162 cm³/mol. The van der Waals surface area contributed by atoms with Crippen LogP contribution in [0.15, 0.2) is 96.0 Å². The number of nitrogens with one attached hydrogen (secondary N) is 1. The van der Waals surface area contributed by atoms with Gasteiger partial charge >= 0.3 is 6.09 Å². The Kier molecular flexibility index (Phi) is 8.71. The number of aliphatic imine (C=N–C) groups is 1.